The zero-order valence-electron chi connectivity index (χ0n) is 8.49. The van der Waals surface area contributed by atoms with Crippen LogP contribution in [0.1, 0.15) is 0 Å². The Balaban J connectivity index is 2.46. The predicted octanol–water partition coefficient (Wildman–Crippen LogP) is 0.973. The number of rotatable bonds is 2. The Kier molecular flexibility index (Phi) is 2.28. The molecule has 0 bridgehead atoms. The van der Waals surface area contributed by atoms with Crippen molar-refractivity contribution in [1.29, 1.82) is 0 Å². The minimum absolute atomic E-state index is 0.0514. The molecule has 0 atom stereocenters. The first-order chi connectivity index (χ1) is 7.59. The second-order valence-electron chi connectivity index (χ2n) is 3.23. The van der Waals surface area contributed by atoms with E-state index in [1.54, 1.807) is 17.8 Å². The van der Waals surface area contributed by atoms with Gasteiger partial charge < -0.3 is 5.73 Å². The summed E-state index contributed by atoms with van der Waals surface area (Å²) in [6, 6.07) is 2.93. The van der Waals surface area contributed by atoms with E-state index in [9.17, 15) is 10.1 Å². The van der Waals surface area contributed by atoms with Crippen molar-refractivity contribution < 1.29 is 4.92 Å². The van der Waals surface area contributed by atoms with Gasteiger partial charge >= 0.3 is 0 Å². The molecule has 7 heteroatoms. The average molecular weight is 219 g/mol. The standard InChI is InChI=1S/C9H9N5O2/c1-13-9(7(10)5-12-13)8-3-2-6(4-11-8)14(15)16/h2-5H,10H2,1H3. The molecule has 0 aliphatic rings. The Bertz CT molecular complexity index is 512. The molecule has 0 radical (unpaired) electrons. The van der Waals surface area contributed by atoms with E-state index in [1.807, 2.05) is 0 Å². The summed E-state index contributed by atoms with van der Waals surface area (Å²) in [5, 5.41) is 14.4. The lowest BCUT2D eigenvalue weighted by Gasteiger charge is -2.01. The molecule has 2 rings (SSSR count). The fourth-order valence-electron chi connectivity index (χ4n) is 1.40. The number of nitrogen functional groups attached to an aromatic ring is 1. The van der Waals surface area contributed by atoms with Crippen LogP contribution in [-0.4, -0.2) is 19.7 Å². The quantitative estimate of drug-likeness (QED) is 0.599. The molecule has 0 unspecified atom stereocenters. The van der Waals surface area contributed by atoms with Gasteiger partial charge in [-0.15, -0.1) is 0 Å². The first kappa shape index (κ1) is 10.1. The molecule has 82 valence electrons. The van der Waals surface area contributed by atoms with Gasteiger partial charge in [-0.1, -0.05) is 0 Å². The SMILES string of the molecule is Cn1ncc(N)c1-c1ccc([N+](=O)[O-])cn1. The zero-order chi connectivity index (χ0) is 11.7. The summed E-state index contributed by atoms with van der Waals surface area (Å²) >= 11 is 0. The molecule has 0 saturated carbocycles. The normalized spacial score (nSPS) is 10.3. The number of aromatic nitrogens is 3. The fourth-order valence-corrected chi connectivity index (χ4v) is 1.40. The van der Waals surface area contributed by atoms with E-state index in [1.165, 1.54) is 18.5 Å². The van der Waals surface area contributed by atoms with Gasteiger partial charge in [-0.25, -0.2) is 4.98 Å². The summed E-state index contributed by atoms with van der Waals surface area (Å²) in [4.78, 5) is 13.9. The lowest BCUT2D eigenvalue weighted by atomic mass is 10.2. The number of nitrogens with two attached hydrogens (primary N) is 1. The Morgan fingerprint density at radius 2 is 2.19 bits per heavy atom. The van der Waals surface area contributed by atoms with E-state index in [2.05, 4.69) is 10.1 Å². The molecule has 0 fully saturated rings. The van der Waals surface area contributed by atoms with E-state index in [0.29, 0.717) is 17.1 Å². The van der Waals surface area contributed by atoms with Crippen LogP contribution in [0.5, 0.6) is 0 Å². The summed E-state index contributed by atoms with van der Waals surface area (Å²) in [5.41, 5.74) is 7.36. The zero-order valence-corrected chi connectivity index (χ0v) is 8.49. The summed E-state index contributed by atoms with van der Waals surface area (Å²) in [5.74, 6) is 0. The van der Waals surface area contributed by atoms with Crippen molar-refractivity contribution in [1.82, 2.24) is 14.8 Å². The number of anilines is 1. The molecule has 0 aliphatic carbocycles. The van der Waals surface area contributed by atoms with Gasteiger partial charge in [0.2, 0.25) is 0 Å². The van der Waals surface area contributed by atoms with Crippen molar-refractivity contribution in [2.24, 2.45) is 7.05 Å². The topological polar surface area (TPSA) is 99.9 Å². The van der Waals surface area contributed by atoms with Crippen LogP contribution in [0.3, 0.4) is 0 Å². The molecular weight excluding hydrogens is 210 g/mol. The van der Waals surface area contributed by atoms with Gasteiger partial charge in [0.25, 0.3) is 5.69 Å². The number of hydrogen-bond acceptors (Lipinski definition) is 5. The molecule has 2 aromatic rings. The minimum atomic E-state index is -0.497. The lowest BCUT2D eigenvalue weighted by molar-refractivity contribution is -0.385. The highest BCUT2D eigenvalue weighted by Gasteiger charge is 2.11. The van der Waals surface area contributed by atoms with Gasteiger partial charge in [0.15, 0.2) is 0 Å². The first-order valence-electron chi connectivity index (χ1n) is 4.48. The molecule has 0 amide bonds. The lowest BCUT2D eigenvalue weighted by Crippen LogP contribution is -1.98. The second-order valence-corrected chi connectivity index (χ2v) is 3.23. The molecular formula is C9H9N5O2. The molecule has 0 saturated heterocycles. The predicted molar refractivity (Wildman–Crippen MR) is 57.5 cm³/mol. The fraction of sp³-hybridized carbons (Fsp3) is 0.111. The van der Waals surface area contributed by atoms with Crippen molar-refractivity contribution in [2.75, 3.05) is 5.73 Å². The summed E-state index contributed by atoms with van der Waals surface area (Å²) in [6.45, 7) is 0. The van der Waals surface area contributed by atoms with Gasteiger partial charge in [-0.2, -0.15) is 5.10 Å². The largest absolute Gasteiger partial charge is 0.396 e. The maximum Gasteiger partial charge on any atom is 0.287 e. The number of pyridine rings is 1. The van der Waals surface area contributed by atoms with Gasteiger partial charge in [0.05, 0.1) is 22.5 Å². The number of nitro groups is 1. The molecule has 2 heterocycles. The maximum absolute atomic E-state index is 10.5. The van der Waals surface area contributed by atoms with E-state index < -0.39 is 4.92 Å². The highest BCUT2D eigenvalue weighted by molar-refractivity contribution is 5.69. The van der Waals surface area contributed by atoms with Crippen LogP contribution in [0.4, 0.5) is 11.4 Å². The smallest absolute Gasteiger partial charge is 0.287 e. The van der Waals surface area contributed by atoms with E-state index in [4.69, 9.17) is 5.73 Å². The monoisotopic (exact) mass is 219 g/mol. The van der Waals surface area contributed by atoms with Gasteiger partial charge in [0.1, 0.15) is 11.9 Å². The number of hydrogen-bond donors (Lipinski definition) is 1. The van der Waals surface area contributed by atoms with Crippen LogP contribution >= 0.6 is 0 Å². The summed E-state index contributed by atoms with van der Waals surface area (Å²) in [6.07, 6.45) is 2.71. The van der Waals surface area contributed by atoms with E-state index in [-0.39, 0.29) is 5.69 Å². The van der Waals surface area contributed by atoms with Crippen LogP contribution in [-0.2, 0) is 7.05 Å². The second kappa shape index (κ2) is 3.61. The third-order valence-corrected chi connectivity index (χ3v) is 2.17. The van der Waals surface area contributed by atoms with Crippen molar-refractivity contribution in [3.05, 3.63) is 34.6 Å². The Labute approximate surface area is 90.7 Å². The minimum Gasteiger partial charge on any atom is -0.396 e. The molecule has 2 N–H and O–H groups in total. The van der Waals surface area contributed by atoms with Crippen LogP contribution in [0.2, 0.25) is 0 Å². The van der Waals surface area contributed by atoms with E-state index in [0.717, 1.165) is 0 Å². The van der Waals surface area contributed by atoms with Crippen molar-refractivity contribution in [3.8, 4) is 11.4 Å². The van der Waals surface area contributed by atoms with Crippen LogP contribution in [0.25, 0.3) is 11.4 Å². The van der Waals surface area contributed by atoms with Gasteiger partial charge in [-0.3, -0.25) is 14.8 Å². The number of nitrogens with zero attached hydrogens (tertiary/aromatic N) is 4. The molecule has 7 nitrogen and oxygen atoms in total. The van der Waals surface area contributed by atoms with Crippen LogP contribution in [0.15, 0.2) is 24.5 Å². The maximum atomic E-state index is 10.5. The average Bonchev–Trinajstić information content (AvgIpc) is 2.59. The van der Waals surface area contributed by atoms with Crippen LogP contribution < -0.4 is 5.73 Å². The highest BCUT2D eigenvalue weighted by atomic mass is 16.6. The Hall–Kier alpha value is -2.44. The summed E-state index contributed by atoms with van der Waals surface area (Å²) in [7, 11) is 1.73. The Morgan fingerprint density at radius 3 is 2.62 bits per heavy atom. The molecule has 0 aliphatic heterocycles. The third kappa shape index (κ3) is 1.58. The molecule has 2 aromatic heterocycles. The van der Waals surface area contributed by atoms with Gasteiger partial charge in [-0.05, 0) is 6.07 Å². The van der Waals surface area contributed by atoms with E-state index >= 15 is 0 Å². The van der Waals surface area contributed by atoms with Crippen LogP contribution in [0, 0.1) is 10.1 Å². The van der Waals surface area contributed by atoms with Crippen molar-refractivity contribution in [2.45, 2.75) is 0 Å². The number of aryl methyl sites for hydroxylation is 1. The summed E-state index contributed by atoms with van der Waals surface area (Å²) < 4.78 is 1.57. The molecule has 0 spiro atoms. The van der Waals surface area contributed by atoms with Gasteiger partial charge in [0, 0.05) is 13.1 Å². The third-order valence-electron chi connectivity index (χ3n) is 2.17. The molecule has 0 aromatic carbocycles. The van der Waals surface area contributed by atoms with Crippen molar-refractivity contribution in [3.63, 3.8) is 0 Å². The first-order valence-corrected chi connectivity index (χ1v) is 4.48. The molecule has 16 heavy (non-hydrogen) atoms. The highest BCUT2D eigenvalue weighted by Crippen LogP contribution is 2.23. The Morgan fingerprint density at radius 1 is 1.44 bits per heavy atom. The van der Waals surface area contributed by atoms with Crippen molar-refractivity contribution >= 4 is 11.4 Å².